The van der Waals surface area contributed by atoms with E-state index in [1.54, 1.807) is 0 Å². The van der Waals surface area contributed by atoms with Gasteiger partial charge >= 0.3 is 0 Å². The number of hydrogen-bond acceptors (Lipinski definition) is 0. The molecular weight excluding hydrogens is 140 g/mol. The van der Waals surface area contributed by atoms with Gasteiger partial charge in [-0.2, -0.15) is 0 Å². The topological polar surface area (TPSA) is 0 Å². The normalized spacial score (nSPS) is 0. The summed E-state index contributed by atoms with van der Waals surface area (Å²) in [6.45, 7) is 0. The molecule has 0 aromatic rings. The van der Waals surface area contributed by atoms with E-state index in [9.17, 15) is 0 Å². The largest absolute Gasteiger partial charge is 0.0776 e. The Labute approximate surface area is 53.5 Å². The van der Waals surface area contributed by atoms with Crippen LogP contribution in [0.3, 0.4) is 0 Å². The quantitative estimate of drug-likeness (QED) is 0.401. The van der Waals surface area contributed by atoms with E-state index in [4.69, 9.17) is 0 Å². The predicted octanol–water partition coefficient (Wildman–Crippen LogP) is -0.506. The van der Waals surface area contributed by atoms with Gasteiger partial charge in [-0.05, 0) is 0 Å². The molecule has 0 N–H and O–H groups in total. The smallest absolute Gasteiger partial charge is 0 e. The molecule has 0 aromatic carbocycles. The van der Waals surface area contributed by atoms with Gasteiger partial charge in [0, 0.05) is 45.9 Å². The Morgan fingerprint density at radius 2 is 1.00 bits per heavy atom. The van der Waals surface area contributed by atoms with Crippen LogP contribution in [0.15, 0.2) is 0 Å². The molecule has 0 spiro atoms. The fourth-order valence-corrected chi connectivity index (χ4v) is 0. The first kappa shape index (κ1) is 58.4. The Bertz CT molecular complexity index is 8.00. The van der Waals surface area contributed by atoms with E-state index < -0.39 is 0 Å². The van der Waals surface area contributed by atoms with Gasteiger partial charge in [0.15, 0.2) is 0 Å². The minimum atomic E-state index is 0. The van der Waals surface area contributed by atoms with Crippen LogP contribution in [-0.2, 0) is 0 Å². The second kappa shape index (κ2) is 27.9. The van der Waals surface area contributed by atoms with E-state index in [0.717, 1.165) is 0 Å². The van der Waals surface area contributed by atoms with E-state index in [2.05, 4.69) is 0 Å². The van der Waals surface area contributed by atoms with Gasteiger partial charge in [0.05, 0.1) is 0 Å². The summed E-state index contributed by atoms with van der Waals surface area (Å²) in [5.41, 5.74) is 0. The minimum absolute atomic E-state index is 0. The average molecular weight is 144 g/mol. The fraction of sp³-hybridized carbons (Fsp3) is 1.00. The predicted molar refractivity (Wildman–Crippen MR) is 24.0 cm³/mol. The average Bonchev–Trinajstić information content (AvgIpc) is 0. The Balaban J connectivity index is 0. The Morgan fingerprint density at radius 3 is 1.00 bits per heavy atom. The number of hydrogen-bond donors (Lipinski definition) is 0. The molecule has 0 aliphatic carbocycles. The van der Waals surface area contributed by atoms with E-state index in [-0.39, 0.29) is 53.3 Å². The molecule has 19 valence electrons. The summed E-state index contributed by atoms with van der Waals surface area (Å²) in [7, 11) is 0. The van der Waals surface area contributed by atoms with Crippen LogP contribution < -0.4 is 0 Å². The van der Waals surface area contributed by atoms with E-state index in [1.165, 1.54) is 0 Å². The summed E-state index contributed by atoms with van der Waals surface area (Å²) < 4.78 is 0. The van der Waals surface area contributed by atoms with Gasteiger partial charge in [-0.25, -0.2) is 0 Å². The molecule has 0 saturated heterocycles. The fourth-order valence-electron chi connectivity index (χ4n) is 0. The summed E-state index contributed by atoms with van der Waals surface area (Å²) in [6.07, 6.45) is 0. The van der Waals surface area contributed by atoms with Crippen molar-refractivity contribution in [3.8, 4) is 0 Å². The van der Waals surface area contributed by atoms with Crippen LogP contribution in [0.2, 0.25) is 0 Å². The van der Waals surface area contributed by atoms with Crippen molar-refractivity contribution in [2.45, 2.75) is 7.43 Å². The van der Waals surface area contributed by atoms with Crippen LogP contribution in [0.1, 0.15) is 7.43 Å². The molecule has 0 aromatic heterocycles. The molecule has 0 fully saturated rings. The first-order valence-corrected chi connectivity index (χ1v) is 0. The van der Waals surface area contributed by atoms with E-state index in [1.807, 2.05) is 0 Å². The first-order valence-electron chi connectivity index (χ1n) is 0. The zero-order chi connectivity index (χ0) is 0. The van der Waals surface area contributed by atoms with Gasteiger partial charge in [0.25, 0.3) is 0 Å². The van der Waals surface area contributed by atoms with Crippen molar-refractivity contribution in [2.24, 2.45) is 0 Å². The second-order valence-electron chi connectivity index (χ2n) is 0. The van der Waals surface area contributed by atoms with Gasteiger partial charge in [-0.1, -0.05) is 7.43 Å². The Hall–Kier alpha value is 1.29. The summed E-state index contributed by atoms with van der Waals surface area (Å²) in [4.78, 5) is 0. The molecule has 0 aliphatic heterocycles. The Kier molecular flexibility index (Phi) is 407. The molecule has 0 unspecified atom stereocenters. The van der Waals surface area contributed by atoms with Crippen molar-refractivity contribution in [1.29, 1.82) is 0 Å². The summed E-state index contributed by atoms with van der Waals surface area (Å²) in [6, 6.07) is 0. The van der Waals surface area contributed by atoms with Crippen LogP contribution in [-0.4, -0.2) is 45.9 Å². The molecule has 0 heterocycles. The Morgan fingerprint density at radius 1 is 1.00 bits per heavy atom. The van der Waals surface area contributed by atoms with E-state index >= 15 is 0 Å². The maximum absolute atomic E-state index is 0. The van der Waals surface area contributed by atoms with Crippen molar-refractivity contribution >= 4 is 45.9 Å². The molecule has 0 saturated carbocycles. The van der Waals surface area contributed by atoms with Crippen LogP contribution in [0.5, 0.6) is 0 Å². The summed E-state index contributed by atoms with van der Waals surface area (Å²) >= 11 is 0. The van der Waals surface area contributed by atoms with Gasteiger partial charge in [0.1, 0.15) is 0 Å². The van der Waals surface area contributed by atoms with Crippen molar-refractivity contribution in [3.63, 3.8) is 0 Å². The summed E-state index contributed by atoms with van der Waals surface area (Å²) in [5, 5.41) is 0. The molecule has 0 nitrogen and oxygen atoms in total. The van der Waals surface area contributed by atoms with E-state index in [0.29, 0.717) is 0 Å². The molecular formula is CH4AlGeSi. The molecule has 4 heavy (non-hydrogen) atoms. The van der Waals surface area contributed by atoms with Gasteiger partial charge in [-0.15, -0.1) is 0 Å². The zero-order valence-corrected chi connectivity index (χ0v) is 5.83. The zero-order valence-electron chi connectivity index (χ0n) is 1.58. The van der Waals surface area contributed by atoms with Crippen LogP contribution >= 0.6 is 0 Å². The minimum Gasteiger partial charge on any atom is -0.0776 e. The van der Waals surface area contributed by atoms with Crippen molar-refractivity contribution in [1.82, 2.24) is 0 Å². The maximum atomic E-state index is 0. The first-order chi connectivity index (χ1) is 0. The van der Waals surface area contributed by atoms with Gasteiger partial charge < -0.3 is 0 Å². The van der Waals surface area contributed by atoms with Gasteiger partial charge in [-0.3, -0.25) is 0 Å². The van der Waals surface area contributed by atoms with Crippen LogP contribution in [0.4, 0.5) is 0 Å². The van der Waals surface area contributed by atoms with Crippen molar-refractivity contribution in [3.05, 3.63) is 0 Å². The second-order valence-corrected chi connectivity index (χ2v) is 0. The number of rotatable bonds is 0. The van der Waals surface area contributed by atoms with Crippen molar-refractivity contribution < 1.29 is 0 Å². The molecule has 0 aliphatic rings. The molecule has 0 amide bonds. The van der Waals surface area contributed by atoms with Gasteiger partial charge in [0.2, 0.25) is 0 Å². The monoisotopic (exact) mass is 145 g/mol. The third-order valence-corrected chi connectivity index (χ3v) is 0. The van der Waals surface area contributed by atoms with Crippen LogP contribution in [0.25, 0.3) is 0 Å². The molecule has 0 bridgehead atoms. The molecule has 0 atom stereocenters. The maximum Gasteiger partial charge on any atom is 0 e. The standard InChI is InChI=1S/CH4.Al.Ge.Si/h1H4;;;. The van der Waals surface area contributed by atoms with Crippen LogP contribution in [0, 0.1) is 0 Å². The SMILES string of the molecule is C.[Al].[Ge].[Si]. The third kappa shape index (κ3) is 10.4. The van der Waals surface area contributed by atoms with Crippen molar-refractivity contribution in [2.75, 3.05) is 0 Å². The molecule has 3 heteroatoms. The third-order valence-electron chi connectivity index (χ3n) is 0. The summed E-state index contributed by atoms with van der Waals surface area (Å²) in [5.74, 6) is 0. The molecule has 11 radical (unpaired) electrons. The molecule has 0 rings (SSSR count).